The van der Waals surface area contributed by atoms with E-state index in [1.165, 1.54) is 42.5 Å². The van der Waals surface area contributed by atoms with Crippen molar-refractivity contribution in [1.82, 2.24) is 14.9 Å². The van der Waals surface area contributed by atoms with Crippen LogP contribution in [0.1, 0.15) is 38.1 Å². The number of carbonyl (C=O) groups excluding carboxylic acids is 2. The monoisotopic (exact) mass is 614 g/mol. The summed E-state index contributed by atoms with van der Waals surface area (Å²) < 4.78 is 56.8. The van der Waals surface area contributed by atoms with Crippen molar-refractivity contribution < 1.29 is 37.0 Å². The number of aromatic nitrogens is 2. The van der Waals surface area contributed by atoms with E-state index >= 15 is 4.39 Å². The van der Waals surface area contributed by atoms with Crippen molar-refractivity contribution in [2.45, 2.75) is 45.9 Å². The normalized spacial score (nSPS) is 17.9. The van der Waals surface area contributed by atoms with Gasteiger partial charge in [0.05, 0.1) is 37.2 Å². The van der Waals surface area contributed by atoms with Crippen LogP contribution in [0.5, 0.6) is 11.6 Å². The third-order valence-corrected chi connectivity index (χ3v) is 7.12. The first-order valence-electron chi connectivity index (χ1n) is 14.1. The minimum absolute atomic E-state index is 0.0549. The Kier molecular flexibility index (Phi) is 8.81. The van der Waals surface area contributed by atoms with Gasteiger partial charge in [-0.2, -0.15) is 13.8 Å². The molecule has 2 aliphatic heterocycles. The largest absolute Gasteiger partial charge is 0.469 e. The SMILES string of the molecule is CCN1CC(C)(C)Oc2nc(N3CCOC[C@@H]3C)nc(-c3ccc(NC(=O)Nc4cccc(OC(F)F)c4)c(F)c3)c2C1=O. The molecule has 2 aliphatic rings. The summed E-state index contributed by atoms with van der Waals surface area (Å²) in [6.07, 6.45) is 0. The number of rotatable bonds is 7. The van der Waals surface area contributed by atoms with Gasteiger partial charge in [-0.25, -0.2) is 14.2 Å². The van der Waals surface area contributed by atoms with Crippen LogP contribution in [0.25, 0.3) is 11.3 Å². The molecule has 1 fully saturated rings. The van der Waals surface area contributed by atoms with Gasteiger partial charge in [0.15, 0.2) is 0 Å². The second-order valence-electron chi connectivity index (χ2n) is 11.0. The van der Waals surface area contributed by atoms with E-state index in [1.54, 1.807) is 4.90 Å². The standard InChI is InChI=1S/C30H33F3N6O5/c1-5-38-16-30(3,4)44-25-23(26(38)40)24(36-28(37-25)39-11-12-42-15-17(39)2)18-9-10-22(21(31)13-18)35-29(41)34-19-7-6-8-20(14-19)43-27(32)33/h6-10,13-14,17,27H,5,11-12,15-16H2,1-4H3,(H2,34,35,41)/t17-/m0/s1. The molecular weight excluding hydrogens is 581 g/mol. The first-order chi connectivity index (χ1) is 20.9. The Morgan fingerprint density at radius 3 is 2.68 bits per heavy atom. The summed E-state index contributed by atoms with van der Waals surface area (Å²) >= 11 is 0. The van der Waals surface area contributed by atoms with Gasteiger partial charge in [0.1, 0.15) is 22.7 Å². The van der Waals surface area contributed by atoms with Gasteiger partial charge in [-0.15, -0.1) is 0 Å². The predicted molar refractivity (Wildman–Crippen MR) is 157 cm³/mol. The molecule has 3 aromatic rings. The van der Waals surface area contributed by atoms with Gasteiger partial charge in [0.25, 0.3) is 5.91 Å². The second kappa shape index (κ2) is 12.6. The molecule has 0 unspecified atom stereocenters. The van der Waals surface area contributed by atoms with Crippen molar-refractivity contribution in [3.63, 3.8) is 0 Å². The van der Waals surface area contributed by atoms with Gasteiger partial charge in [-0.1, -0.05) is 12.1 Å². The van der Waals surface area contributed by atoms with Crippen molar-refractivity contribution in [3.05, 3.63) is 53.8 Å². The molecular formula is C30H33F3N6O5. The van der Waals surface area contributed by atoms with Crippen LogP contribution in [0.2, 0.25) is 0 Å². The summed E-state index contributed by atoms with van der Waals surface area (Å²) in [4.78, 5) is 39.4. The van der Waals surface area contributed by atoms with E-state index in [9.17, 15) is 18.4 Å². The van der Waals surface area contributed by atoms with Crippen molar-refractivity contribution >= 4 is 29.3 Å². The molecule has 234 valence electrons. The lowest BCUT2D eigenvalue weighted by atomic mass is 10.0. The lowest BCUT2D eigenvalue weighted by Crippen LogP contribution is -2.44. The molecule has 3 heterocycles. The third kappa shape index (κ3) is 6.80. The first kappa shape index (κ1) is 30.9. The van der Waals surface area contributed by atoms with E-state index in [0.717, 1.165) is 0 Å². The van der Waals surface area contributed by atoms with E-state index in [4.69, 9.17) is 14.5 Å². The number of urea groups is 1. The highest BCUT2D eigenvalue weighted by molar-refractivity contribution is 6.03. The van der Waals surface area contributed by atoms with E-state index in [1.807, 2.05) is 32.6 Å². The Morgan fingerprint density at radius 2 is 1.98 bits per heavy atom. The summed E-state index contributed by atoms with van der Waals surface area (Å²) in [5.41, 5.74) is -0.172. The molecule has 0 spiro atoms. The van der Waals surface area contributed by atoms with Gasteiger partial charge >= 0.3 is 12.6 Å². The highest BCUT2D eigenvalue weighted by atomic mass is 19.3. The minimum Gasteiger partial charge on any atom is -0.469 e. The minimum atomic E-state index is -3.02. The first-order valence-corrected chi connectivity index (χ1v) is 14.1. The Bertz CT molecular complexity index is 1560. The second-order valence-corrected chi connectivity index (χ2v) is 11.0. The quantitative estimate of drug-likeness (QED) is 0.364. The number of alkyl halides is 2. The number of nitrogens with zero attached hydrogens (tertiary/aromatic N) is 4. The van der Waals surface area contributed by atoms with Crippen LogP contribution in [0.3, 0.4) is 0 Å². The topological polar surface area (TPSA) is 118 Å². The number of morpholine rings is 1. The number of carbonyl (C=O) groups is 2. The lowest BCUT2D eigenvalue weighted by molar-refractivity contribution is -0.0498. The molecule has 11 nitrogen and oxygen atoms in total. The number of halogens is 3. The number of anilines is 3. The Labute approximate surface area is 252 Å². The van der Waals surface area contributed by atoms with E-state index < -0.39 is 24.1 Å². The molecule has 5 rings (SSSR count). The molecule has 44 heavy (non-hydrogen) atoms. The molecule has 1 saturated heterocycles. The fourth-order valence-electron chi connectivity index (χ4n) is 5.09. The fraction of sp³-hybridized carbons (Fsp3) is 0.400. The van der Waals surface area contributed by atoms with Crippen LogP contribution >= 0.6 is 0 Å². The number of benzene rings is 2. The molecule has 3 amide bonds. The molecule has 0 saturated carbocycles. The fourth-order valence-corrected chi connectivity index (χ4v) is 5.09. The van der Waals surface area contributed by atoms with Crippen LogP contribution in [-0.4, -0.2) is 77.9 Å². The summed E-state index contributed by atoms with van der Waals surface area (Å²) in [6.45, 7) is 6.70. The van der Waals surface area contributed by atoms with Gasteiger partial charge < -0.3 is 34.6 Å². The maximum Gasteiger partial charge on any atom is 0.387 e. The number of hydrogen-bond donors (Lipinski definition) is 2. The number of hydrogen-bond acceptors (Lipinski definition) is 8. The molecule has 2 N–H and O–H groups in total. The Hall–Kier alpha value is -4.59. The number of amides is 3. The van der Waals surface area contributed by atoms with Gasteiger partial charge in [-0.3, -0.25) is 4.79 Å². The third-order valence-electron chi connectivity index (χ3n) is 7.12. The van der Waals surface area contributed by atoms with Crippen LogP contribution in [-0.2, 0) is 4.74 Å². The van der Waals surface area contributed by atoms with E-state index in [-0.39, 0.29) is 51.8 Å². The summed E-state index contributed by atoms with van der Waals surface area (Å²) in [6, 6.07) is 8.58. The number of likely N-dealkylation sites (N-methyl/N-ethyl adjacent to an activating group) is 1. The predicted octanol–water partition coefficient (Wildman–Crippen LogP) is 5.39. The maximum absolute atomic E-state index is 15.5. The molecule has 1 aromatic heterocycles. The summed E-state index contributed by atoms with van der Waals surface area (Å²) in [5, 5.41) is 4.86. The zero-order chi connectivity index (χ0) is 31.6. The molecule has 2 aromatic carbocycles. The molecule has 0 radical (unpaired) electrons. The van der Waals surface area contributed by atoms with Gasteiger partial charge in [0, 0.05) is 30.4 Å². The van der Waals surface area contributed by atoms with Gasteiger partial charge in [0.2, 0.25) is 11.8 Å². The van der Waals surface area contributed by atoms with Gasteiger partial charge in [-0.05, 0) is 52.0 Å². The van der Waals surface area contributed by atoms with Crippen LogP contribution < -0.4 is 25.0 Å². The number of nitrogens with one attached hydrogen (secondary N) is 2. The summed E-state index contributed by atoms with van der Waals surface area (Å²) in [7, 11) is 0. The summed E-state index contributed by atoms with van der Waals surface area (Å²) in [5.74, 6) is -0.857. The number of fused-ring (bicyclic) bond motifs is 1. The van der Waals surface area contributed by atoms with Crippen LogP contribution in [0.4, 0.5) is 35.3 Å². The lowest BCUT2D eigenvalue weighted by Gasteiger charge is -2.34. The highest BCUT2D eigenvalue weighted by Gasteiger charge is 2.38. The highest BCUT2D eigenvalue weighted by Crippen LogP contribution is 2.37. The number of ether oxygens (including phenoxy) is 3. The molecule has 0 aliphatic carbocycles. The van der Waals surface area contributed by atoms with Crippen molar-refractivity contribution in [3.8, 4) is 22.9 Å². The molecule has 0 bridgehead atoms. The van der Waals surface area contributed by atoms with Crippen molar-refractivity contribution in [2.75, 3.05) is 48.4 Å². The van der Waals surface area contributed by atoms with E-state index in [2.05, 4.69) is 20.4 Å². The molecule has 1 atom stereocenters. The smallest absolute Gasteiger partial charge is 0.387 e. The van der Waals surface area contributed by atoms with Crippen LogP contribution in [0, 0.1) is 5.82 Å². The average molecular weight is 615 g/mol. The average Bonchev–Trinajstić information content (AvgIpc) is 3.06. The maximum atomic E-state index is 15.5. The molecule has 14 heteroatoms. The zero-order valence-electron chi connectivity index (χ0n) is 24.7. The van der Waals surface area contributed by atoms with Crippen molar-refractivity contribution in [1.29, 1.82) is 0 Å². The van der Waals surface area contributed by atoms with E-state index in [0.29, 0.717) is 38.8 Å². The Morgan fingerprint density at radius 1 is 1.18 bits per heavy atom. The Balaban J connectivity index is 1.48. The zero-order valence-corrected chi connectivity index (χ0v) is 24.7. The van der Waals surface area contributed by atoms with Crippen LogP contribution in [0.15, 0.2) is 42.5 Å². The van der Waals surface area contributed by atoms with Crippen molar-refractivity contribution in [2.24, 2.45) is 0 Å².